The van der Waals surface area contributed by atoms with E-state index in [0.717, 1.165) is 18.4 Å². The molecule has 0 aliphatic heterocycles. The second-order valence-corrected chi connectivity index (χ2v) is 5.33. The van der Waals surface area contributed by atoms with Gasteiger partial charge in [-0.2, -0.15) is 0 Å². The summed E-state index contributed by atoms with van der Waals surface area (Å²) >= 11 is 0. The first-order valence-corrected chi connectivity index (χ1v) is 5.71. The number of hydrogen-bond donors (Lipinski definition) is 1. The Kier molecular flexibility index (Phi) is 2.46. The van der Waals surface area contributed by atoms with Crippen LogP contribution in [0.15, 0.2) is 12.3 Å². The van der Waals surface area contributed by atoms with E-state index in [1.807, 2.05) is 13.1 Å². The molecule has 0 aromatic carbocycles. The highest BCUT2D eigenvalue weighted by atomic mass is 16.5. The molecular formula is C13H20N2O. The van der Waals surface area contributed by atoms with E-state index < -0.39 is 0 Å². The molecule has 3 heteroatoms. The van der Waals surface area contributed by atoms with Crippen molar-refractivity contribution in [2.45, 2.75) is 44.6 Å². The Morgan fingerprint density at radius 2 is 2.06 bits per heavy atom. The molecule has 0 amide bonds. The van der Waals surface area contributed by atoms with Gasteiger partial charge in [0.05, 0.1) is 7.11 Å². The smallest absolute Gasteiger partial charge is 0.215 e. The first-order valence-electron chi connectivity index (χ1n) is 5.71. The highest BCUT2D eigenvalue weighted by Crippen LogP contribution is 2.49. The van der Waals surface area contributed by atoms with E-state index in [4.69, 9.17) is 10.5 Å². The number of methoxy groups -OCH3 is 1. The Bertz CT molecular complexity index is 408. The van der Waals surface area contributed by atoms with Crippen LogP contribution in [0.3, 0.4) is 0 Å². The minimum atomic E-state index is -0.0459. The van der Waals surface area contributed by atoms with Crippen LogP contribution in [0.25, 0.3) is 0 Å². The fraction of sp³-hybridized carbons (Fsp3) is 0.615. The Labute approximate surface area is 97.0 Å². The molecule has 2 rings (SSSR count). The summed E-state index contributed by atoms with van der Waals surface area (Å²) < 4.78 is 5.17. The predicted octanol–water partition coefficient (Wildman–Crippen LogP) is 2.17. The summed E-state index contributed by atoms with van der Waals surface area (Å²) in [6.45, 7) is 6.41. The molecule has 0 unspecified atom stereocenters. The Balaban J connectivity index is 2.37. The van der Waals surface area contributed by atoms with Crippen molar-refractivity contribution in [1.29, 1.82) is 0 Å². The van der Waals surface area contributed by atoms with Gasteiger partial charge in [0.2, 0.25) is 5.88 Å². The van der Waals surface area contributed by atoms with Crippen molar-refractivity contribution >= 4 is 0 Å². The molecule has 0 bridgehead atoms. The topological polar surface area (TPSA) is 48.1 Å². The van der Waals surface area contributed by atoms with Gasteiger partial charge in [-0.15, -0.1) is 0 Å². The lowest BCUT2D eigenvalue weighted by Gasteiger charge is -2.32. The summed E-state index contributed by atoms with van der Waals surface area (Å²) in [6, 6.07) is 2.14. The standard InChI is InChI=1S/C13H20N2O/c1-9-7-10(8-15-11(9)16-4)12(2,3)13(14)5-6-13/h7-8H,5-6,14H2,1-4H3. The summed E-state index contributed by atoms with van der Waals surface area (Å²) in [5, 5.41) is 0. The molecule has 16 heavy (non-hydrogen) atoms. The van der Waals surface area contributed by atoms with Crippen molar-refractivity contribution in [3.63, 3.8) is 0 Å². The lowest BCUT2D eigenvalue weighted by Crippen LogP contribution is -2.43. The van der Waals surface area contributed by atoms with Gasteiger partial charge in [-0.25, -0.2) is 4.98 Å². The van der Waals surface area contributed by atoms with E-state index in [1.165, 1.54) is 5.56 Å². The molecule has 3 nitrogen and oxygen atoms in total. The third kappa shape index (κ3) is 1.59. The number of nitrogens with two attached hydrogens (primary N) is 1. The summed E-state index contributed by atoms with van der Waals surface area (Å²) in [5.41, 5.74) is 8.52. The zero-order valence-electron chi connectivity index (χ0n) is 10.5. The molecule has 1 aromatic rings. The summed E-state index contributed by atoms with van der Waals surface area (Å²) in [5.74, 6) is 0.696. The largest absolute Gasteiger partial charge is 0.481 e. The van der Waals surface area contributed by atoms with Crippen LogP contribution in [-0.2, 0) is 5.41 Å². The number of ether oxygens (including phenoxy) is 1. The normalized spacial score (nSPS) is 18.3. The van der Waals surface area contributed by atoms with Crippen LogP contribution in [-0.4, -0.2) is 17.6 Å². The number of aryl methyl sites for hydroxylation is 1. The number of nitrogens with zero attached hydrogens (tertiary/aromatic N) is 1. The lowest BCUT2D eigenvalue weighted by atomic mass is 9.76. The number of rotatable bonds is 3. The number of aromatic nitrogens is 1. The molecule has 1 aliphatic carbocycles. The average Bonchev–Trinajstić information content (AvgIpc) is 2.98. The van der Waals surface area contributed by atoms with Crippen LogP contribution in [0.2, 0.25) is 0 Å². The van der Waals surface area contributed by atoms with Crippen molar-refractivity contribution < 1.29 is 4.74 Å². The summed E-state index contributed by atoms with van der Waals surface area (Å²) in [7, 11) is 1.64. The Morgan fingerprint density at radius 3 is 2.50 bits per heavy atom. The molecule has 0 spiro atoms. The molecular weight excluding hydrogens is 200 g/mol. The molecule has 1 aromatic heterocycles. The van der Waals surface area contributed by atoms with E-state index in [-0.39, 0.29) is 11.0 Å². The van der Waals surface area contributed by atoms with Crippen LogP contribution in [0.5, 0.6) is 5.88 Å². The van der Waals surface area contributed by atoms with Gasteiger partial charge in [0.15, 0.2) is 0 Å². The minimum Gasteiger partial charge on any atom is -0.481 e. The highest BCUT2D eigenvalue weighted by molar-refractivity contribution is 5.36. The maximum absolute atomic E-state index is 6.32. The van der Waals surface area contributed by atoms with Gasteiger partial charge in [0.25, 0.3) is 0 Å². The first kappa shape index (κ1) is 11.4. The predicted molar refractivity (Wildman–Crippen MR) is 64.7 cm³/mol. The van der Waals surface area contributed by atoms with Crippen LogP contribution in [0, 0.1) is 6.92 Å². The minimum absolute atomic E-state index is 0.0168. The maximum atomic E-state index is 6.32. The third-order valence-electron chi connectivity index (χ3n) is 3.98. The molecule has 1 aliphatic rings. The SMILES string of the molecule is COc1ncc(C(C)(C)C2(N)CC2)cc1C. The van der Waals surface area contributed by atoms with Crippen LogP contribution >= 0.6 is 0 Å². The van der Waals surface area contributed by atoms with Crippen molar-refractivity contribution in [3.05, 3.63) is 23.4 Å². The maximum Gasteiger partial charge on any atom is 0.215 e. The van der Waals surface area contributed by atoms with Crippen LogP contribution in [0.1, 0.15) is 37.8 Å². The van der Waals surface area contributed by atoms with Crippen molar-refractivity contribution in [2.24, 2.45) is 5.73 Å². The lowest BCUT2D eigenvalue weighted by molar-refractivity contribution is 0.379. The molecule has 0 saturated heterocycles. The Morgan fingerprint density at radius 1 is 1.44 bits per heavy atom. The zero-order chi connectivity index (χ0) is 12.0. The molecule has 0 atom stereocenters. The summed E-state index contributed by atoms with van der Waals surface area (Å²) in [4.78, 5) is 4.33. The van der Waals surface area contributed by atoms with Gasteiger partial charge < -0.3 is 10.5 Å². The summed E-state index contributed by atoms with van der Waals surface area (Å²) in [6.07, 6.45) is 4.09. The van der Waals surface area contributed by atoms with Crippen LogP contribution in [0.4, 0.5) is 0 Å². The second-order valence-electron chi connectivity index (χ2n) is 5.33. The first-order chi connectivity index (χ1) is 7.40. The quantitative estimate of drug-likeness (QED) is 0.849. The molecule has 1 fully saturated rings. The van der Waals surface area contributed by atoms with Crippen LogP contribution < -0.4 is 10.5 Å². The van der Waals surface area contributed by atoms with Crippen molar-refractivity contribution in [3.8, 4) is 5.88 Å². The van der Waals surface area contributed by atoms with E-state index in [0.29, 0.717) is 5.88 Å². The molecule has 0 radical (unpaired) electrons. The molecule has 88 valence electrons. The fourth-order valence-electron chi connectivity index (χ4n) is 2.16. The zero-order valence-corrected chi connectivity index (χ0v) is 10.5. The van der Waals surface area contributed by atoms with Gasteiger partial charge in [-0.05, 0) is 31.4 Å². The molecule has 1 heterocycles. The second kappa shape index (κ2) is 3.45. The van der Waals surface area contributed by atoms with Gasteiger partial charge >= 0.3 is 0 Å². The van der Waals surface area contributed by atoms with Crippen molar-refractivity contribution in [1.82, 2.24) is 4.98 Å². The third-order valence-corrected chi connectivity index (χ3v) is 3.98. The van der Waals surface area contributed by atoms with Gasteiger partial charge in [-0.3, -0.25) is 0 Å². The van der Waals surface area contributed by atoms with Gasteiger partial charge in [0, 0.05) is 22.7 Å². The Hall–Kier alpha value is -1.09. The fourth-order valence-corrected chi connectivity index (χ4v) is 2.16. The van der Waals surface area contributed by atoms with E-state index in [2.05, 4.69) is 24.9 Å². The number of hydrogen-bond acceptors (Lipinski definition) is 3. The van der Waals surface area contributed by atoms with E-state index in [1.54, 1.807) is 7.11 Å². The van der Waals surface area contributed by atoms with Crippen molar-refractivity contribution in [2.75, 3.05) is 7.11 Å². The molecule has 2 N–H and O–H groups in total. The average molecular weight is 220 g/mol. The monoisotopic (exact) mass is 220 g/mol. The molecule has 1 saturated carbocycles. The van der Waals surface area contributed by atoms with E-state index >= 15 is 0 Å². The van der Waals surface area contributed by atoms with Gasteiger partial charge in [-0.1, -0.05) is 13.8 Å². The van der Waals surface area contributed by atoms with Gasteiger partial charge in [0.1, 0.15) is 0 Å². The number of pyridine rings is 1. The highest BCUT2D eigenvalue weighted by Gasteiger charge is 2.52. The van der Waals surface area contributed by atoms with E-state index in [9.17, 15) is 0 Å².